The number of anilines is 1. The van der Waals surface area contributed by atoms with E-state index in [0.717, 1.165) is 0 Å². The Morgan fingerprint density at radius 3 is 2.52 bits per heavy atom. The number of benzene rings is 1. The van der Waals surface area contributed by atoms with Crippen molar-refractivity contribution in [2.45, 2.75) is 38.8 Å². The number of aromatic nitrogens is 2. The summed E-state index contributed by atoms with van der Waals surface area (Å²) in [5.74, 6) is -0.828. The third-order valence-corrected chi connectivity index (χ3v) is 5.31. The van der Waals surface area contributed by atoms with E-state index in [1.165, 1.54) is 11.3 Å². The van der Waals surface area contributed by atoms with Crippen LogP contribution in [0, 0.1) is 6.92 Å². The molecule has 0 bridgehead atoms. The maximum absolute atomic E-state index is 12.7. The van der Waals surface area contributed by atoms with Gasteiger partial charge in [0.2, 0.25) is 5.13 Å². The number of ether oxygens (including phenoxy) is 1. The molecule has 2 N–H and O–H groups in total. The number of esters is 1. The topological polar surface area (TPSA) is 110 Å². The van der Waals surface area contributed by atoms with Gasteiger partial charge in [-0.2, -0.15) is 11.8 Å². The first-order valence-corrected chi connectivity index (χ1v) is 11.3. The Morgan fingerprint density at radius 2 is 1.93 bits per heavy atom. The van der Waals surface area contributed by atoms with Gasteiger partial charge in [0.15, 0.2) is 6.10 Å². The monoisotopic (exact) mass is 436 g/mol. The number of carbonyl (C=O) groups excluding carboxylic acids is 3. The van der Waals surface area contributed by atoms with Crippen molar-refractivity contribution in [2.75, 3.05) is 17.3 Å². The van der Waals surface area contributed by atoms with E-state index in [-0.39, 0.29) is 12.3 Å². The van der Waals surface area contributed by atoms with Crippen molar-refractivity contribution in [3.05, 3.63) is 40.9 Å². The van der Waals surface area contributed by atoms with Gasteiger partial charge in [0.05, 0.1) is 0 Å². The average Bonchev–Trinajstić information content (AvgIpc) is 3.13. The quantitative estimate of drug-likeness (QED) is 0.551. The van der Waals surface area contributed by atoms with E-state index in [4.69, 9.17) is 4.74 Å². The van der Waals surface area contributed by atoms with Gasteiger partial charge in [0.25, 0.3) is 11.8 Å². The second-order valence-corrected chi connectivity index (χ2v) is 8.29. The molecule has 0 fully saturated rings. The lowest BCUT2D eigenvalue weighted by molar-refractivity contribution is -0.156. The maximum Gasteiger partial charge on any atom is 0.329 e. The zero-order chi connectivity index (χ0) is 21.2. The minimum absolute atomic E-state index is 0.289. The van der Waals surface area contributed by atoms with Gasteiger partial charge in [0.1, 0.15) is 11.0 Å². The van der Waals surface area contributed by atoms with Crippen molar-refractivity contribution >= 4 is 46.0 Å². The molecule has 0 aliphatic carbocycles. The Kier molecular flexibility index (Phi) is 9.07. The van der Waals surface area contributed by atoms with Crippen LogP contribution in [-0.2, 0) is 14.3 Å². The summed E-state index contributed by atoms with van der Waals surface area (Å²) in [6, 6.07) is 7.78. The number of hydrogen-bond donors (Lipinski definition) is 2. The zero-order valence-electron chi connectivity index (χ0n) is 16.5. The molecule has 1 aromatic heterocycles. The highest BCUT2D eigenvalue weighted by Crippen LogP contribution is 2.15. The van der Waals surface area contributed by atoms with E-state index < -0.39 is 24.0 Å². The summed E-state index contributed by atoms with van der Waals surface area (Å²) in [5, 5.41) is 14.0. The Labute approximate surface area is 177 Å². The van der Waals surface area contributed by atoms with Gasteiger partial charge in [-0.3, -0.25) is 14.9 Å². The summed E-state index contributed by atoms with van der Waals surface area (Å²) in [4.78, 5) is 37.6. The van der Waals surface area contributed by atoms with Crippen LogP contribution >= 0.6 is 23.1 Å². The van der Waals surface area contributed by atoms with E-state index >= 15 is 0 Å². The van der Waals surface area contributed by atoms with E-state index in [1.54, 1.807) is 55.9 Å². The minimum Gasteiger partial charge on any atom is -0.451 e. The van der Waals surface area contributed by atoms with Gasteiger partial charge < -0.3 is 10.1 Å². The smallest absolute Gasteiger partial charge is 0.329 e. The summed E-state index contributed by atoms with van der Waals surface area (Å²) in [7, 11) is 0. The molecule has 2 rings (SSSR count). The molecular formula is C19H24N4O4S2. The highest BCUT2D eigenvalue weighted by Gasteiger charge is 2.28. The zero-order valence-corrected chi connectivity index (χ0v) is 18.1. The first-order chi connectivity index (χ1) is 13.9. The van der Waals surface area contributed by atoms with E-state index in [9.17, 15) is 14.4 Å². The second kappa shape index (κ2) is 11.5. The number of aryl methyl sites for hydroxylation is 1. The molecule has 0 aliphatic rings. The minimum atomic E-state index is -0.989. The summed E-state index contributed by atoms with van der Waals surface area (Å²) >= 11 is 2.78. The summed E-state index contributed by atoms with van der Waals surface area (Å²) < 4.78 is 5.42. The molecule has 0 aliphatic heterocycles. The van der Waals surface area contributed by atoms with Gasteiger partial charge >= 0.3 is 5.97 Å². The third kappa shape index (κ3) is 7.13. The number of thioether (sulfide) groups is 1. The number of hydrogen-bond acceptors (Lipinski definition) is 8. The normalized spacial score (nSPS) is 12.7. The Balaban J connectivity index is 2.02. The predicted octanol–water partition coefficient (Wildman–Crippen LogP) is 2.66. The fourth-order valence-corrected chi connectivity index (χ4v) is 3.46. The van der Waals surface area contributed by atoms with Crippen molar-refractivity contribution < 1.29 is 19.1 Å². The molecular weight excluding hydrogens is 412 g/mol. The van der Waals surface area contributed by atoms with Crippen molar-refractivity contribution in [1.29, 1.82) is 0 Å². The molecule has 0 unspecified atom stereocenters. The molecule has 2 aromatic rings. The molecule has 1 heterocycles. The van der Waals surface area contributed by atoms with Crippen LogP contribution in [0.1, 0.15) is 35.1 Å². The van der Waals surface area contributed by atoms with E-state index in [1.807, 2.05) is 6.26 Å². The van der Waals surface area contributed by atoms with Crippen LogP contribution < -0.4 is 10.6 Å². The maximum atomic E-state index is 12.7. The van der Waals surface area contributed by atoms with Gasteiger partial charge in [-0.15, -0.1) is 10.2 Å². The van der Waals surface area contributed by atoms with E-state index in [0.29, 0.717) is 27.9 Å². The third-order valence-electron chi connectivity index (χ3n) is 3.91. The highest BCUT2D eigenvalue weighted by molar-refractivity contribution is 7.98. The molecule has 0 radical (unpaired) electrons. The lowest BCUT2D eigenvalue weighted by Gasteiger charge is -2.21. The number of rotatable bonds is 10. The lowest BCUT2D eigenvalue weighted by Crippen LogP contribution is -2.45. The van der Waals surface area contributed by atoms with Crippen molar-refractivity contribution in [3.8, 4) is 0 Å². The molecule has 29 heavy (non-hydrogen) atoms. The average molecular weight is 437 g/mol. The number of carbonyl (C=O) groups is 3. The Morgan fingerprint density at radius 1 is 1.21 bits per heavy atom. The predicted molar refractivity (Wildman–Crippen MR) is 114 cm³/mol. The molecule has 0 saturated heterocycles. The van der Waals surface area contributed by atoms with Crippen LogP contribution in [0.3, 0.4) is 0 Å². The molecule has 1 aromatic carbocycles. The SMILES string of the molecule is CC[C@@H](OC(=O)[C@@H](CCSC)NC(=O)c1ccccc1)C(=O)Nc1nnc(C)s1. The van der Waals surface area contributed by atoms with Crippen LogP contribution in [0.5, 0.6) is 0 Å². The van der Waals surface area contributed by atoms with E-state index in [2.05, 4.69) is 20.8 Å². The first kappa shape index (κ1) is 22.8. The summed E-state index contributed by atoms with van der Waals surface area (Å²) in [5.41, 5.74) is 0.450. The Hall–Kier alpha value is -2.46. The van der Waals surface area contributed by atoms with Crippen LogP contribution in [0.2, 0.25) is 0 Å². The molecule has 0 saturated carbocycles. The number of nitrogens with one attached hydrogen (secondary N) is 2. The summed E-state index contributed by atoms with van der Waals surface area (Å²) in [6.07, 6.45) is 1.61. The van der Waals surface area contributed by atoms with Crippen LogP contribution in [0.4, 0.5) is 5.13 Å². The van der Waals surface area contributed by atoms with Crippen molar-refractivity contribution in [2.24, 2.45) is 0 Å². The number of nitrogens with zero attached hydrogens (tertiary/aromatic N) is 2. The van der Waals surface area contributed by atoms with Crippen molar-refractivity contribution in [1.82, 2.24) is 15.5 Å². The van der Waals surface area contributed by atoms with Gasteiger partial charge in [-0.1, -0.05) is 36.5 Å². The molecule has 156 valence electrons. The standard InChI is InChI=1S/C19H24N4O4S2/c1-4-15(17(25)21-19-23-22-12(2)29-19)27-18(26)14(10-11-28-3)20-16(24)13-8-6-5-7-9-13/h5-9,14-15H,4,10-11H2,1-3H3,(H,20,24)(H,21,23,25)/t14-,15-/m1/s1. The van der Waals surface area contributed by atoms with Crippen molar-refractivity contribution in [3.63, 3.8) is 0 Å². The largest absolute Gasteiger partial charge is 0.451 e. The molecule has 2 amide bonds. The number of amides is 2. The Bertz CT molecular complexity index is 829. The van der Waals surface area contributed by atoms with Crippen LogP contribution in [-0.4, -0.2) is 52.1 Å². The highest BCUT2D eigenvalue weighted by atomic mass is 32.2. The molecule has 8 nitrogen and oxygen atoms in total. The van der Waals surface area contributed by atoms with Gasteiger partial charge in [-0.25, -0.2) is 4.79 Å². The fraction of sp³-hybridized carbons (Fsp3) is 0.421. The lowest BCUT2D eigenvalue weighted by atomic mass is 10.1. The summed E-state index contributed by atoms with van der Waals surface area (Å²) in [6.45, 7) is 3.51. The second-order valence-electron chi connectivity index (χ2n) is 6.12. The molecule has 0 spiro atoms. The van der Waals surface area contributed by atoms with Crippen LogP contribution in [0.25, 0.3) is 0 Å². The molecule has 10 heteroatoms. The molecule has 2 atom stereocenters. The fourth-order valence-electron chi connectivity index (χ4n) is 2.39. The van der Waals surface area contributed by atoms with Gasteiger partial charge in [0, 0.05) is 5.56 Å². The van der Waals surface area contributed by atoms with Crippen LogP contribution in [0.15, 0.2) is 30.3 Å². The van der Waals surface area contributed by atoms with Gasteiger partial charge in [-0.05, 0) is 43.9 Å². The first-order valence-electron chi connectivity index (χ1n) is 9.10.